The van der Waals surface area contributed by atoms with Gasteiger partial charge in [0.1, 0.15) is 11.6 Å². The van der Waals surface area contributed by atoms with Crippen molar-refractivity contribution in [3.63, 3.8) is 0 Å². The van der Waals surface area contributed by atoms with Gasteiger partial charge < -0.3 is 10.1 Å². The first kappa shape index (κ1) is 19.6. The molecule has 4 rings (SSSR count). The quantitative estimate of drug-likeness (QED) is 0.446. The van der Waals surface area contributed by atoms with Gasteiger partial charge in [0.15, 0.2) is 5.82 Å². The Morgan fingerprint density at radius 3 is 2.63 bits per heavy atom. The van der Waals surface area contributed by atoms with Crippen molar-refractivity contribution in [1.29, 1.82) is 0 Å². The van der Waals surface area contributed by atoms with Gasteiger partial charge in [-0.25, -0.2) is 4.39 Å². The zero-order valence-corrected chi connectivity index (χ0v) is 17.0. The van der Waals surface area contributed by atoms with E-state index in [9.17, 15) is 9.18 Å². The number of hydrogen-bond donors (Lipinski definition) is 2. The molecule has 0 unspecified atom stereocenters. The van der Waals surface area contributed by atoms with Crippen LogP contribution in [0, 0.1) is 5.82 Å². The number of benzene rings is 3. The standard InChI is InChI=1S/C24H22FN3O2/c1-14(2)15-9-11-22(30-3)19(12-15)16-8-10-18-21(13-16)27-28-23(18)26-24(29)17-6-4-5-7-20(17)25/h4-14H,1-3H3,(H2,26,27,28,29). The lowest BCUT2D eigenvalue weighted by atomic mass is 9.96. The van der Waals surface area contributed by atoms with Crippen molar-refractivity contribution < 1.29 is 13.9 Å². The van der Waals surface area contributed by atoms with Crippen LogP contribution in [0.3, 0.4) is 0 Å². The van der Waals surface area contributed by atoms with E-state index in [0.29, 0.717) is 11.7 Å². The van der Waals surface area contributed by atoms with E-state index in [1.165, 1.54) is 17.7 Å². The van der Waals surface area contributed by atoms with Crippen LogP contribution in [0.1, 0.15) is 35.7 Å². The Balaban J connectivity index is 1.69. The highest BCUT2D eigenvalue weighted by atomic mass is 19.1. The minimum atomic E-state index is -0.575. The lowest BCUT2D eigenvalue weighted by Crippen LogP contribution is -2.14. The first-order chi connectivity index (χ1) is 14.5. The van der Waals surface area contributed by atoms with E-state index < -0.39 is 11.7 Å². The molecule has 1 amide bonds. The second-order valence-electron chi connectivity index (χ2n) is 7.38. The molecule has 0 bridgehead atoms. The van der Waals surface area contributed by atoms with Crippen LogP contribution in [-0.2, 0) is 0 Å². The zero-order chi connectivity index (χ0) is 21.3. The van der Waals surface area contributed by atoms with E-state index in [2.05, 4.69) is 41.5 Å². The molecule has 152 valence electrons. The molecule has 0 saturated carbocycles. The van der Waals surface area contributed by atoms with Gasteiger partial charge in [-0.2, -0.15) is 5.10 Å². The number of halogens is 1. The third-order valence-electron chi connectivity index (χ3n) is 5.11. The molecule has 4 aromatic rings. The molecule has 1 heterocycles. The number of hydrogen-bond acceptors (Lipinski definition) is 3. The molecule has 0 atom stereocenters. The third kappa shape index (κ3) is 3.64. The van der Waals surface area contributed by atoms with Crippen LogP contribution in [0.25, 0.3) is 22.0 Å². The summed E-state index contributed by atoms with van der Waals surface area (Å²) in [5.41, 5.74) is 3.90. The van der Waals surface area contributed by atoms with Crippen molar-refractivity contribution in [2.24, 2.45) is 0 Å². The van der Waals surface area contributed by atoms with E-state index in [0.717, 1.165) is 27.8 Å². The lowest BCUT2D eigenvalue weighted by molar-refractivity contribution is 0.102. The molecule has 0 aliphatic rings. The van der Waals surface area contributed by atoms with Crippen molar-refractivity contribution in [2.45, 2.75) is 19.8 Å². The molecule has 0 saturated heterocycles. The molecule has 1 aromatic heterocycles. The summed E-state index contributed by atoms with van der Waals surface area (Å²) in [6, 6.07) is 17.8. The van der Waals surface area contributed by atoms with Gasteiger partial charge in [0.05, 0.1) is 18.2 Å². The number of carbonyl (C=O) groups is 1. The number of aromatic amines is 1. The van der Waals surface area contributed by atoms with Gasteiger partial charge in [-0.1, -0.05) is 38.1 Å². The molecular formula is C24H22FN3O2. The largest absolute Gasteiger partial charge is 0.496 e. The number of fused-ring (bicyclic) bond motifs is 1. The maximum atomic E-state index is 13.9. The molecule has 30 heavy (non-hydrogen) atoms. The van der Waals surface area contributed by atoms with Gasteiger partial charge in [-0.05, 0) is 53.4 Å². The van der Waals surface area contributed by atoms with Crippen LogP contribution < -0.4 is 10.1 Å². The first-order valence-electron chi connectivity index (χ1n) is 9.70. The fraction of sp³-hybridized carbons (Fsp3) is 0.167. The van der Waals surface area contributed by atoms with Gasteiger partial charge in [0, 0.05) is 10.9 Å². The molecule has 2 N–H and O–H groups in total. The van der Waals surface area contributed by atoms with Gasteiger partial charge >= 0.3 is 0 Å². The number of H-pyrrole nitrogens is 1. The average molecular weight is 403 g/mol. The molecule has 0 spiro atoms. The van der Waals surface area contributed by atoms with E-state index >= 15 is 0 Å². The second kappa shape index (κ2) is 7.99. The number of carbonyl (C=O) groups excluding carboxylic acids is 1. The number of anilines is 1. The highest BCUT2D eigenvalue weighted by Gasteiger charge is 2.16. The monoisotopic (exact) mass is 403 g/mol. The lowest BCUT2D eigenvalue weighted by Gasteiger charge is -2.13. The number of amides is 1. The maximum Gasteiger partial charge on any atom is 0.259 e. The summed E-state index contributed by atoms with van der Waals surface area (Å²) in [5.74, 6) is 0.413. The topological polar surface area (TPSA) is 67.0 Å². The van der Waals surface area contributed by atoms with Crippen molar-refractivity contribution in [3.8, 4) is 16.9 Å². The van der Waals surface area contributed by atoms with E-state index in [-0.39, 0.29) is 5.56 Å². The van der Waals surface area contributed by atoms with Gasteiger partial charge in [0.2, 0.25) is 0 Å². The number of aromatic nitrogens is 2. The van der Waals surface area contributed by atoms with Crippen LogP contribution in [0.4, 0.5) is 10.2 Å². The number of nitrogens with one attached hydrogen (secondary N) is 2. The molecule has 0 fully saturated rings. The minimum absolute atomic E-state index is 0.0273. The highest BCUT2D eigenvalue weighted by Crippen LogP contribution is 2.35. The Kier molecular flexibility index (Phi) is 5.23. The first-order valence-corrected chi connectivity index (χ1v) is 9.70. The zero-order valence-electron chi connectivity index (χ0n) is 17.0. The fourth-order valence-electron chi connectivity index (χ4n) is 3.41. The third-order valence-corrected chi connectivity index (χ3v) is 5.11. The molecule has 0 aliphatic carbocycles. The molecular weight excluding hydrogens is 381 g/mol. The van der Waals surface area contributed by atoms with E-state index in [4.69, 9.17) is 4.74 Å². The normalized spacial score (nSPS) is 11.1. The summed E-state index contributed by atoms with van der Waals surface area (Å²) in [7, 11) is 1.65. The van der Waals surface area contributed by atoms with E-state index in [1.54, 1.807) is 19.2 Å². The summed E-state index contributed by atoms with van der Waals surface area (Å²) in [5, 5.41) is 10.6. The predicted octanol–water partition coefficient (Wildman–Crippen LogP) is 5.75. The van der Waals surface area contributed by atoms with Crippen LogP contribution in [0.5, 0.6) is 5.75 Å². The fourth-order valence-corrected chi connectivity index (χ4v) is 3.41. The molecule has 0 aliphatic heterocycles. The number of ether oxygens (including phenoxy) is 1. The van der Waals surface area contributed by atoms with Crippen molar-refractivity contribution in [2.75, 3.05) is 12.4 Å². The number of methoxy groups -OCH3 is 1. The summed E-state index contributed by atoms with van der Waals surface area (Å²) in [6.45, 7) is 4.29. The highest BCUT2D eigenvalue weighted by molar-refractivity contribution is 6.08. The smallest absolute Gasteiger partial charge is 0.259 e. The number of rotatable bonds is 5. The second-order valence-corrected chi connectivity index (χ2v) is 7.38. The van der Waals surface area contributed by atoms with Crippen molar-refractivity contribution in [1.82, 2.24) is 10.2 Å². The van der Waals surface area contributed by atoms with E-state index in [1.807, 2.05) is 24.3 Å². The Morgan fingerprint density at radius 1 is 1.10 bits per heavy atom. The molecule has 5 nitrogen and oxygen atoms in total. The van der Waals surface area contributed by atoms with Crippen molar-refractivity contribution in [3.05, 3.63) is 77.6 Å². The van der Waals surface area contributed by atoms with Crippen LogP contribution in [-0.4, -0.2) is 23.2 Å². The molecule has 6 heteroatoms. The van der Waals surface area contributed by atoms with Crippen LogP contribution in [0.15, 0.2) is 60.7 Å². The Bertz CT molecular complexity index is 1230. The van der Waals surface area contributed by atoms with Gasteiger partial charge in [0.25, 0.3) is 5.91 Å². The van der Waals surface area contributed by atoms with Gasteiger partial charge in [-0.3, -0.25) is 9.89 Å². The minimum Gasteiger partial charge on any atom is -0.496 e. The molecule has 3 aromatic carbocycles. The van der Waals surface area contributed by atoms with Crippen LogP contribution in [0.2, 0.25) is 0 Å². The van der Waals surface area contributed by atoms with Crippen molar-refractivity contribution >= 4 is 22.6 Å². The summed E-state index contributed by atoms with van der Waals surface area (Å²) >= 11 is 0. The maximum absolute atomic E-state index is 13.9. The average Bonchev–Trinajstić information content (AvgIpc) is 3.15. The SMILES string of the molecule is COc1ccc(C(C)C)cc1-c1ccc2c(NC(=O)c3ccccc3F)n[nH]c2c1. The summed E-state index contributed by atoms with van der Waals surface area (Å²) in [4.78, 5) is 12.4. The summed E-state index contributed by atoms with van der Waals surface area (Å²) in [6.07, 6.45) is 0. The van der Waals surface area contributed by atoms with Crippen LogP contribution >= 0.6 is 0 Å². The Morgan fingerprint density at radius 2 is 1.90 bits per heavy atom. The predicted molar refractivity (Wildman–Crippen MR) is 117 cm³/mol. The summed E-state index contributed by atoms with van der Waals surface area (Å²) < 4.78 is 19.4. The van der Waals surface area contributed by atoms with Gasteiger partial charge in [-0.15, -0.1) is 0 Å². The Hall–Kier alpha value is -3.67. The molecule has 0 radical (unpaired) electrons. The Labute approximate surface area is 173 Å². The number of nitrogens with zero attached hydrogens (tertiary/aromatic N) is 1.